The van der Waals surface area contributed by atoms with E-state index in [2.05, 4.69) is 6.07 Å². The second-order valence-corrected chi connectivity index (χ2v) is 5.70. The smallest absolute Gasteiger partial charge is 0.0991 e. The summed E-state index contributed by atoms with van der Waals surface area (Å²) in [6.45, 7) is 1.92. The highest BCUT2D eigenvalue weighted by molar-refractivity contribution is 7.84. The first-order valence-corrected chi connectivity index (χ1v) is 7.16. The highest BCUT2D eigenvalue weighted by Gasteiger charge is 2.10. The summed E-state index contributed by atoms with van der Waals surface area (Å²) < 4.78 is 12.3. The van der Waals surface area contributed by atoms with Gasteiger partial charge in [-0.2, -0.15) is 5.26 Å². The molecule has 2 rings (SSSR count). The van der Waals surface area contributed by atoms with Crippen molar-refractivity contribution in [3.8, 4) is 6.07 Å². The maximum absolute atomic E-state index is 12.3. The number of hydrogen-bond acceptors (Lipinski definition) is 3. The first kappa shape index (κ1) is 13.3. The number of nitrogens with zero attached hydrogens (tertiary/aromatic N) is 1. The Morgan fingerprint density at radius 2 is 2.00 bits per heavy atom. The topological polar surface area (TPSA) is 66.9 Å². The lowest BCUT2D eigenvalue weighted by Gasteiger charge is -2.08. The Hall–Kier alpha value is -2.12. The lowest BCUT2D eigenvalue weighted by Crippen LogP contribution is -2.02. The number of nitrogen functional groups attached to an aromatic ring is 1. The Labute approximate surface area is 115 Å². The van der Waals surface area contributed by atoms with E-state index < -0.39 is 10.8 Å². The van der Waals surface area contributed by atoms with Gasteiger partial charge in [-0.1, -0.05) is 18.2 Å². The van der Waals surface area contributed by atoms with Crippen molar-refractivity contribution in [2.24, 2.45) is 0 Å². The molecule has 0 spiro atoms. The molecule has 1 atom stereocenters. The molecule has 0 aliphatic heterocycles. The fourth-order valence-corrected chi connectivity index (χ4v) is 3.16. The summed E-state index contributed by atoms with van der Waals surface area (Å²) in [5, 5.41) is 8.82. The molecular weight excluding hydrogens is 256 g/mol. The first-order valence-electron chi connectivity index (χ1n) is 5.84. The van der Waals surface area contributed by atoms with Crippen LogP contribution in [0.25, 0.3) is 0 Å². The van der Waals surface area contributed by atoms with Crippen LogP contribution < -0.4 is 5.73 Å². The second kappa shape index (κ2) is 5.68. The van der Waals surface area contributed by atoms with Crippen molar-refractivity contribution >= 4 is 16.5 Å². The van der Waals surface area contributed by atoms with E-state index in [-0.39, 0.29) is 0 Å². The fourth-order valence-electron chi connectivity index (χ4n) is 1.83. The summed E-state index contributed by atoms with van der Waals surface area (Å²) >= 11 is 0. The van der Waals surface area contributed by atoms with E-state index in [4.69, 9.17) is 11.0 Å². The summed E-state index contributed by atoms with van der Waals surface area (Å²) in [6.07, 6.45) is 0. The van der Waals surface area contributed by atoms with E-state index in [1.54, 1.807) is 24.3 Å². The maximum Gasteiger partial charge on any atom is 0.0991 e. The lowest BCUT2D eigenvalue weighted by atomic mass is 10.1. The summed E-state index contributed by atoms with van der Waals surface area (Å²) in [6, 6.07) is 14.7. The third-order valence-corrected chi connectivity index (χ3v) is 4.36. The SMILES string of the molecule is Cc1cc(C#N)ccc1CS(=O)c1ccccc1N. The van der Waals surface area contributed by atoms with Crippen LogP contribution in [0.4, 0.5) is 5.69 Å². The molecular formula is C15H14N2OS. The van der Waals surface area contributed by atoms with Crippen molar-refractivity contribution < 1.29 is 4.21 Å². The minimum atomic E-state index is -1.17. The zero-order valence-corrected chi connectivity index (χ0v) is 11.4. The van der Waals surface area contributed by atoms with Gasteiger partial charge in [0.1, 0.15) is 0 Å². The zero-order chi connectivity index (χ0) is 13.8. The molecule has 19 heavy (non-hydrogen) atoms. The normalized spacial score (nSPS) is 11.8. The number of nitrogens with two attached hydrogens (primary N) is 1. The molecule has 0 aromatic heterocycles. The van der Waals surface area contributed by atoms with Crippen LogP contribution in [0.1, 0.15) is 16.7 Å². The Morgan fingerprint density at radius 3 is 2.63 bits per heavy atom. The number of rotatable bonds is 3. The van der Waals surface area contributed by atoms with Crippen LogP contribution >= 0.6 is 0 Å². The van der Waals surface area contributed by atoms with Gasteiger partial charge >= 0.3 is 0 Å². The van der Waals surface area contributed by atoms with Gasteiger partial charge in [0.15, 0.2) is 0 Å². The van der Waals surface area contributed by atoms with Crippen molar-refractivity contribution in [3.63, 3.8) is 0 Å². The van der Waals surface area contributed by atoms with Crippen LogP contribution in [0.2, 0.25) is 0 Å². The van der Waals surface area contributed by atoms with E-state index in [9.17, 15) is 4.21 Å². The summed E-state index contributed by atoms with van der Waals surface area (Å²) in [7, 11) is -1.17. The van der Waals surface area contributed by atoms with Crippen molar-refractivity contribution in [3.05, 3.63) is 59.2 Å². The average Bonchev–Trinajstić information content (AvgIpc) is 2.41. The molecule has 2 aromatic carbocycles. The Balaban J connectivity index is 2.25. The van der Waals surface area contributed by atoms with Crippen LogP contribution in [0, 0.1) is 18.3 Å². The third kappa shape index (κ3) is 3.01. The van der Waals surface area contributed by atoms with E-state index in [0.717, 1.165) is 11.1 Å². The van der Waals surface area contributed by atoms with Gasteiger partial charge in [0, 0.05) is 5.69 Å². The van der Waals surface area contributed by atoms with E-state index in [0.29, 0.717) is 21.9 Å². The van der Waals surface area contributed by atoms with Crippen molar-refractivity contribution in [2.45, 2.75) is 17.6 Å². The molecule has 1 unspecified atom stereocenters. The first-order chi connectivity index (χ1) is 9.11. The third-order valence-electron chi connectivity index (χ3n) is 2.92. The van der Waals surface area contributed by atoms with Gasteiger partial charge in [0.05, 0.1) is 33.1 Å². The zero-order valence-electron chi connectivity index (χ0n) is 10.6. The van der Waals surface area contributed by atoms with Crippen LogP contribution in [0.5, 0.6) is 0 Å². The molecule has 2 N–H and O–H groups in total. The van der Waals surface area contributed by atoms with Gasteiger partial charge in [-0.15, -0.1) is 0 Å². The Bertz CT molecular complexity index is 674. The summed E-state index contributed by atoms with van der Waals surface area (Å²) in [4.78, 5) is 0.659. The maximum atomic E-state index is 12.3. The number of anilines is 1. The number of benzene rings is 2. The van der Waals surface area contributed by atoms with Gasteiger partial charge in [0.25, 0.3) is 0 Å². The highest BCUT2D eigenvalue weighted by atomic mass is 32.2. The molecule has 0 saturated carbocycles. The number of hydrogen-bond donors (Lipinski definition) is 1. The largest absolute Gasteiger partial charge is 0.398 e. The van der Waals surface area contributed by atoms with Crippen molar-refractivity contribution in [2.75, 3.05) is 5.73 Å². The number of para-hydroxylation sites is 1. The molecule has 0 radical (unpaired) electrons. The van der Waals surface area contributed by atoms with Crippen LogP contribution in [0.3, 0.4) is 0 Å². The van der Waals surface area contributed by atoms with Crippen LogP contribution in [-0.2, 0) is 16.6 Å². The van der Waals surface area contributed by atoms with Crippen LogP contribution in [-0.4, -0.2) is 4.21 Å². The molecule has 0 bridgehead atoms. The highest BCUT2D eigenvalue weighted by Crippen LogP contribution is 2.20. The molecule has 0 amide bonds. The molecule has 0 aliphatic carbocycles. The Kier molecular flexibility index (Phi) is 3.98. The Morgan fingerprint density at radius 1 is 1.26 bits per heavy atom. The molecule has 0 heterocycles. The summed E-state index contributed by atoms with van der Waals surface area (Å²) in [5.41, 5.74) is 8.93. The number of aryl methyl sites for hydroxylation is 1. The van der Waals surface area contributed by atoms with Gasteiger partial charge in [-0.05, 0) is 42.3 Å². The molecule has 0 fully saturated rings. The minimum absolute atomic E-state index is 0.408. The van der Waals surface area contributed by atoms with Gasteiger partial charge in [-0.3, -0.25) is 4.21 Å². The molecule has 96 valence electrons. The lowest BCUT2D eigenvalue weighted by molar-refractivity contribution is 0.683. The van der Waals surface area contributed by atoms with E-state index >= 15 is 0 Å². The monoisotopic (exact) mass is 270 g/mol. The van der Waals surface area contributed by atoms with Gasteiger partial charge < -0.3 is 5.73 Å². The van der Waals surface area contributed by atoms with Crippen molar-refractivity contribution in [1.29, 1.82) is 5.26 Å². The fraction of sp³-hybridized carbons (Fsp3) is 0.133. The van der Waals surface area contributed by atoms with E-state index in [1.165, 1.54) is 0 Å². The predicted molar refractivity (Wildman–Crippen MR) is 76.9 cm³/mol. The predicted octanol–water partition coefficient (Wildman–Crippen LogP) is 2.76. The molecule has 3 nitrogen and oxygen atoms in total. The van der Waals surface area contributed by atoms with Gasteiger partial charge in [-0.25, -0.2) is 0 Å². The van der Waals surface area contributed by atoms with Gasteiger partial charge in [0.2, 0.25) is 0 Å². The summed E-state index contributed by atoms with van der Waals surface area (Å²) in [5.74, 6) is 0.408. The standard InChI is InChI=1S/C15H14N2OS/c1-11-8-12(9-16)6-7-13(11)10-19(18)15-5-3-2-4-14(15)17/h2-8H,10,17H2,1H3. The van der Waals surface area contributed by atoms with Crippen molar-refractivity contribution in [1.82, 2.24) is 0 Å². The minimum Gasteiger partial charge on any atom is -0.398 e. The second-order valence-electron chi connectivity index (χ2n) is 4.28. The molecule has 4 heteroatoms. The molecule has 0 saturated heterocycles. The molecule has 0 aliphatic rings. The number of nitriles is 1. The average molecular weight is 270 g/mol. The van der Waals surface area contributed by atoms with Crippen LogP contribution in [0.15, 0.2) is 47.4 Å². The molecule has 2 aromatic rings. The quantitative estimate of drug-likeness (QED) is 0.872. The van der Waals surface area contributed by atoms with E-state index in [1.807, 2.05) is 25.1 Å².